The van der Waals surface area contributed by atoms with E-state index in [4.69, 9.17) is 11.6 Å². The molecule has 1 N–H and O–H groups in total. The Morgan fingerprint density at radius 2 is 1.14 bits per heavy atom. The van der Waals surface area contributed by atoms with Crippen molar-refractivity contribution in [2.24, 2.45) is 0 Å². The van der Waals surface area contributed by atoms with Crippen molar-refractivity contribution in [2.75, 3.05) is 0 Å². The van der Waals surface area contributed by atoms with Crippen LogP contribution in [0.5, 0.6) is 5.75 Å². The van der Waals surface area contributed by atoms with E-state index in [1.807, 2.05) is 36.4 Å². The van der Waals surface area contributed by atoms with Crippen molar-refractivity contribution in [3.63, 3.8) is 0 Å². The highest BCUT2D eigenvalue weighted by atomic mass is 35.5. The predicted octanol–water partition coefficient (Wildman–Crippen LogP) is 5.23. The Kier molecular flexibility index (Phi) is 4.45. The summed E-state index contributed by atoms with van der Waals surface area (Å²) >= 11 is 6.41. The maximum Gasteiger partial charge on any atom is 0.119 e. The molecule has 0 aromatic heterocycles. The van der Waals surface area contributed by atoms with Gasteiger partial charge >= 0.3 is 0 Å². The van der Waals surface area contributed by atoms with Gasteiger partial charge < -0.3 is 5.11 Å². The lowest BCUT2D eigenvalue weighted by Crippen LogP contribution is -1.99. The highest BCUT2D eigenvalue weighted by Gasteiger charge is 2.13. The summed E-state index contributed by atoms with van der Waals surface area (Å²) in [7, 11) is 0. The van der Waals surface area contributed by atoms with Gasteiger partial charge in [0.1, 0.15) is 5.75 Å². The van der Waals surface area contributed by atoms with Crippen LogP contribution < -0.4 is 0 Å². The van der Waals surface area contributed by atoms with Crippen molar-refractivity contribution in [1.82, 2.24) is 0 Å². The van der Waals surface area contributed by atoms with E-state index >= 15 is 0 Å². The molecule has 0 spiro atoms. The van der Waals surface area contributed by atoms with Crippen LogP contribution in [-0.4, -0.2) is 5.11 Å². The molecule has 0 aliphatic rings. The molecule has 0 heterocycles. The Labute approximate surface area is 135 Å². The van der Waals surface area contributed by atoms with E-state index in [0.29, 0.717) is 17.2 Å². The Morgan fingerprint density at radius 1 is 0.636 bits per heavy atom. The first kappa shape index (κ1) is 14.7. The Balaban J connectivity index is 1.99. The van der Waals surface area contributed by atoms with Crippen molar-refractivity contribution < 1.29 is 5.11 Å². The van der Waals surface area contributed by atoms with Crippen molar-refractivity contribution in [1.29, 1.82) is 0 Å². The van der Waals surface area contributed by atoms with Crippen molar-refractivity contribution in [3.8, 4) is 5.75 Å². The summed E-state index contributed by atoms with van der Waals surface area (Å²) in [6.45, 7) is 0. The summed E-state index contributed by atoms with van der Waals surface area (Å²) in [6, 6.07) is 23.8. The second kappa shape index (κ2) is 6.67. The number of aromatic hydroxyl groups is 1. The molecular formula is C20H17ClO. The number of hydrogen-bond acceptors (Lipinski definition) is 1. The molecule has 0 fully saturated rings. The minimum Gasteiger partial charge on any atom is -0.508 e. The molecular weight excluding hydrogens is 292 g/mol. The third kappa shape index (κ3) is 3.32. The van der Waals surface area contributed by atoms with Crippen LogP contribution in [-0.2, 0) is 12.8 Å². The number of benzene rings is 3. The lowest BCUT2D eigenvalue weighted by molar-refractivity contribution is 0.468. The highest BCUT2D eigenvalue weighted by Crippen LogP contribution is 2.31. The van der Waals surface area contributed by atoms with Crippen molar-refractivity contribution >= 4 is 11.6 Å². The van der Waals surface area contributed by atoms with Gasteiger partial charge in [-0.1, -0.05) is 72.3 Å². The van der Waals surface area contributed by atoms with Gasteiger partial charge in [-0.25, -0.2) is 0 Å². The molecule has 0 radical (unpaired) electrons. The Hall–Kier alpha value is -2.25. The average Bonchev–Trinajstić information content (AvgIpc) is 2.56. The zero-order valence-corrected chi connectivity index (χ0v) is 12.9. The standard InChI is InChI=1S/C20H17ClO/c21-19-11-12-20(22)18(14-16-9-5-2-6-10-16)17(19)13-15-7-3-1-4-8-15/h1-12,22H,13-14H2. The molecule has 0 saturated carbocycles. The SMILES string of the molecule is Oc1ccc(Cl)c(Cc2ccccc2)c1Cc1ccccc1. The predicted molar refractivity (Wildman–Crippen MR) is 91.6 cm³/mol. The number of halogens is 1. The van der Waals surface area contributed by atoms with Gasteiger partial charge in [-0.2, -0.15) is 0 Å². The van der Waals surface area contributed by atoms with E-state index in [-0.39, 0.29) is 0 Å². The van der Waals surface area contributed by atoms with Crippen LogP contribution in [0.3, 0.4) is 0 Å². The number of phenols is 1. The van der Waals surface area contributed by atoms with Crippen molar-refractivity contribution in [2.45, 2.75) is 12.8 Å². The first-order valence-electron chi connectivity index (χ1n) is 7.31. The largest absolute Gasteiger partial charge is 0.508 e. The summed E-state index contributed by atoms with van der Waals surface area (Å²) in [6.07, 6.45) is 1.39. The molecule has 0 aliphatic carbocycles. The Morgan fingerprint density at radius 3 is 1.68 bits per heavy atom. The molecule has 2 heteroatoms. The maximum atomic E-state index is 10.3. The average molecular weight is 309 g/mol. The summed E-state index contributed by atoms with van der Waals surface area (Å²) < 4.78 is 0. The molecule has 3 aromatic carbocycles. The number of hydrogen-bond donors (Lipinski definition) is 1. The number of phenolic OH excluding ortho intramolecular Hbond substituents is 1. The molecule has 0 saturated heterocycles. The summed E-state index contributed by atoms with van der Waals surface area (Å²) in [5.74, 6) is 0.305. The topological polar surface area (TPSA) is 20.2 Å². The fraction of sp³-hybridized carbons (Fsp3) is 0.100. The lowest BCUT2D eigenvalue weighted by atomic mass is 9.94. The molecule has 0 bridgehead atoms. The fourth-order valence-electron chi connectivity index (χ4n) is 2.64. The second-order valence-corrected chi connectivity index (χ2v) is 5.76. The quantitative estimate of drug-likeness (QED) is 0.700. The second-order valence-electron chi connectivity index (χ2n) is 5.35. The first-order valence-corrected chi connectivity index (χ1v) is 7.69. The van der Waals surface area contributed by atoms with Crippen LogP contribution in [0.4, 0.5) is 0 Å². The van der Waals surface area contributed by atoms with Gasteiger partial charge in [0.15, 0.2) is 0 Å². The smallest absolute Gasteiger partial charge is 0.119 e. The van der Waals surface area contributed by atoms with Gasteiger partial charge in [0.25, 0.3) is 0 Å². The highest BCUT2D eigenvalue weighted by molar-refractivity contribution is 6.31. The van der Waals surface area contributed by atoms with Crippen LogP contribution in [0.1, 0.15) is 22.3 Å². The first-order chi connectivity index (χ1) is 10.7. The van der Waals surface area contributed by atoms with Crippen LogP contribution in [0.2, 0.25) is 5.02 Å². The molecule has 0 aliphatic heterocycles. The van der Waals surface area contributed by atoms with Crippen LogP contribution in [0.15, 0.2) is 72.8 Å². The molecule has 3 rings (SSSR count). The van der Waals surface area contributed by atoms with Crippen LogP contribution >= 0.6 is 11.6 Å². The summed E-state index contributed by atoms with van der Waals surface area (Å²) in [4.78, 5) is 0. The van der Waals surface area contributed by atoms with E-state index in [9.17, 15) is 5.11 Å². The molecule has 110 valence electrons. The van der Waals surface area contributed by atoms with Crippen LogP contribution in [0.25, 0.3) is 0 Å². The van der Waals surface area contributed by atoms with Gasteiger partial charge in [0.05, 0.1) is 0 Å². The minimum absolute atomic E-state index is 0.305. The molecule has 0 unspecified atom stereocenters. The normalized spacial score (nSPS) is 10.6. The minimum atomic E-state index is 0.305. The van der Waals surface area contributed by atoms with E-state index in [1.54, 1.807) is 12.1 Å². The lowest BCUT2D eigenvalue weighted by Gasteiger charge is -2.14. The van der Waals surface area contributed by atoms with E-state index in [0.717, 1.165) is 23.1 Å². The fourth-order valence-corrected chi connectivity index (χ4v) is 2.88. The monoisotopic (exact) mass is 308 g/mol. The third-order valence-electron chi connectivity index (χ3n) is 3.80. The molecule has 3 aromatic rings. The maximum absolute atomic E-state index is 10.3. The van der Waals surface area contributed by atoms with Crippen molar-refractivity contribution in [3.05, 3.63) is 100 Å². The van der Waals surface area contributed by atoms with Gasteiger partial charge in [0.2, 0.25) is 0 Å². The van der Waals surface area contributed by atoms with Gasteiger partial charge in [0, 0.05) is 17.0 Å². The number of rotatable bonds is 4. The van der Waals surface area contributed by atoms with E-state index in [1.165, 1.54) is 5.56 Å². The van der Waals surface area contributed by atoms with E-state index < -0.39 is 0 Å². The Bertz CT molecular complexity index is 685. The third-order valence-corrected chi connectivity index (χ3v) is 4.15. The summed E-state index contributed by atoms with van der Waals surface area (Å²) in [5.41, 5.74) is 4.25. The molecule has 0 atom stereocenters. The van der Waals surface area contributed by atoms with Gasteiger partial charge in [-0.3, -0.25) is 0 Å². The van der Waals surface area contributed by atoms with Gasteiger partial charge in [-0.15, -0.1) is 0 Å². The zero-order valence-electron chi connectivity index (χ0n) is 12.2. The summed E-state index contributed by atoms with van der Waals surface area (Å²) in [5, 5.41) is 11.0. The van der Waals surface area contributed by atoms with E-state index in [2.05, 4.69) is 24.3 Å². The molecule has 1 nitrogen and oxygen atoms in total. The zero-order chi connectivity index (χ0) is 15.4. The molecule has 0 amide bonds. The van der Waals surface area contributed by atoms with Crippen LogP contribution in [0, 0.1) is 0 Å². The van der Waals surface area contributed by atoms with Gasteiger partial charge in [-0.05, 0) is 35.2 Å². The molecule has 22 heavy (non-hydrogen) atoms.